The molecular weight excluding hydrogens is 294 g/mol. The van der Waals surface area contributed by atoms with Crippen molar-refractivity contribution in [3.8, 4) is 5.75 Å². The molecule has 0 fully saturated rings. The van der Waals surface area contributed by atoms with Gasteiger partial charge >= 0.3 is 5.97 Å². The summed E-state index contributed by atoms with van der Waals surface area (Å²) in [6, 6.07) is 5.30. The summed E-state index contributed by atoms with van der Waals surface area (Å²) in [4.78, 5) is 17.8. The van der Waals surface area contributed by atoms with Gasteiger partial charge < -0.3 is 14.4 Å². The average molecular weight is 315 g/mol. The third-order valence-corrected chi connectivity index (χ3v) is 4.02. The number of para-hydroxylation sites is 1. The maximum atomic E-state index is 11.3. The van der Waals surface area contributed by atoms with Crippen molar-refractivity contribution in [2.24, 2.45) is 0 Å². The molecule has 3 rings (SSSR count). The number of rotatable bonds is 5. The van der Waals surface area contributed by atoms with Crippen LogP contribution in [0.3, 0.4) is 0 Å². The molecule has 0 amide bonds. The van der Waals surface area contributed by atoms with Crippen LogP contribution in [0.15, 0.2) is 30.7 Å². The summed E-state index contributed by atoms with van der Waals surface area (Å²) in [6.45, 7) is 5.80. The molecular formula is C17H21N3O3. The van der Waals surface area contributed by atoms with E-state index in [1.165, 1.54) is 5.69 Å². The Hall–Kier alpha value is -2.34. The van der Waals surface area contributed by atoms with Crippen LogP contribution in [0, 0.1) is 0 Å². The Morgan fingerprint density at radius 3 is 3.09 bits per heavy atom. The number of aromatic nitrogens is 2. The van der Waals surface area contributed by atoms with Crippen molar-refractivity contribution in [1.82, 2.24) is 14.5 Å². The Labute approximate surface area is 135 Å². The lowest BCUT2D eigenvalue weighted by Crippen LogP contribution is -2.26. The van der Waals surface area contributed by atoms with E-state index in [0.717, 1.165) is 31.6 Å². The number of carboxylic acids is 1. The lowest BCUT2D eigenvalue weighted by molar-refractivity contribution is 0.0692. The number of benzene rings is 1. The van der Waals surface area contributed by atoms with Crippen molar-refractivity contribution in [2.75, 3.05) is 13.2 Å². The molecule has 0 bridgehead atoms. The van der Waals surface area contributed by atoms with Gasteiger partial charge in [0.15, 0.2) is 0 Å². The van der Waals surface area contributed by atoms with Crippen LogP contribution >= 0.6 is 0 Å². The fourth-order valence-corrected chi connectivity index (χ4v) is 2.93. The van der Waals surface area contributed by atoms with E-state index in [1.807, 2.05) is 18.6 Å². The number of nitrogens with zero attached hydrogens (tertiary/aromatic N) is 3. The second-order valence-corrected chi connectivity index (χ2v) is 5.74. The van der Waals surface area contributed by atoms with Crippen molar-refractivity contribution >= 4 is 5.97 Å². The normalized spacial score (nSPS) is 14.8. The van der Waals surface area contributed by atoms with Gasteiger partial charge in [-0.3, -0.25) is 4.90 Å². The van der Waals surface area contributed by atoms with Crippen molar-refractivity contribution in [3.05, 3.63) is 47.5 Å². The number of imidazole rings is 1. The van der Waals surface area contributed by atoms with Gasteiger partial charge in [-0.25, -0.2) is 9.78 Å². The van der Waals surface area contributed by atoms with E-state index in [2.05, 4.69) is 21.4 Å². The van der Waals surface area contributed by atoms with E-state index in [1.54, 1.807) is 12.1 Å². The van der Waals surface area contributed by atoms with Crippen molar-refractivity contribution in [3.63, 3.8) is 0 Å². The minimum absolute atomic E-state index is 0.236. The Balaban J connectivity index is 1.80. The molecule has 6 nitrogen and oxygen atoms in total. The molecule has 2 aromatic rings. The maximum Gasteiger partial charge on any atom is 0.339 e. The number of carbonyl (C=O) groups is 1. The molecule has 1 aliphatic heterocycles. The zero-order valence-electron chi connectivity index (χ0n) is 13.2. The van der Waals surface area contributed by atoms with Gasteiger partial charge in [0.1, 0.15) is 17.9 Å². The van der Waals surface area contributed by atoms with Gasteiger partial charge in [0.25, 0.3) is 0 Å². The van der Waals surface area contributed by atoms with Gasteiger partial charge in [0.05, 0.1) is 12.0 Å². The first-order chi connectivity index (χ1) is 11.2. The van der Waals surface area contributed by atoms with E-state index in [0.29, 0.717) is 18.9 Å². The Morgan fingerprint density at radius 1 is 1.43 bits per heavy atom. The number of fused-ring (bicyclic) bond motifs is 1. The summed E-state index contributed by atoms with van der Waals surface area (Å²) >= 11 is 0. The van der Waals surface area contributed by atoms with E-state index in [9.17, 15) is 9.90 Å². The lowest BCUT2D eigenvalue weighted by atomic mass is 10.1. The first-order valence-corrected chi connectivity index (χ1v) is 7.88. The van der Waals surface area contributed by atoms with Gasteiger partial charge in [-0.1, -0.05) is 19.1 Å². The molecule has 6 heteroatoms. The monoisotopic (exact) mass is 315 g/mol. The highest BCUT2D eigenvalue weighted by Gasteiger charge is 2.21. The van der Waals surface area contributed by atoms with Crippen LogP contribution in [-0.4, -0.2) is 38.7 Å². The maximum absolute atomic E-state index is 11.3. The van der Waals surface area contributed by atoms with Crippen LogP contribution in [0.25, 0.3) is 0 Å². The summed E-state index contributed by atoms with van der Waals surface area (Å²) in [5.74, 6) is -0.444. The van der Waals surface area contributed by atoms with E-state index < -0.39 is 5.97 Å². The number of carboxylic acid groups (broad SMARTS) is 1. The zero-order chi connectivity index (χ0) is 16.2. The molecule has 122 valence electrons. The summed E-state index contributed by atoms with van der Waals surface area (Å²) in [6.07, 6.45) is 4.83. The SMILES string of the molecule is CCCn1cncc1CN1CCOc2c(cccc2C(=O)O)C1. The number of aryl methyl sites for hydroxylation is 1. The predicted octanol–water partition coefficient (Wildman–Crippen LogP) is 2.39. The van der Waals surface area contributed by atoms with Gasteiger partial charge in [-0.05, 0) is 12.5 Å². The van der Waals surface area contributed by atoms with E-state index in [4.69, 9.17) is 4.74 Å². The minimum Gasteiger partial charge on any atom is -0.491 e. The highest BCUT2D eigenvalue weighted by atomic mass is 16.5. The molecule has 0 radical (unpaired) electrons. The van der Waals surface area contributed by atoms with Crippen LogP contribution in [0.1, 0.15) is 35.0 Å². The van der Waals surface area contributed by atoms with Gasteiger partial charge in [-0.2, -0.15) is 0 Å². The standard InChI is InChI=1S/C17H21N3O3/c1-2-6-20-12-18-9-14(20)11-19-7-8-23-16-13(10-19)4-3-5-15(16)17(21)22/h3-5,9,12H,2,6-8,10-11H2,1H3,(H,21,22). The molecule has 0 saturated carbocycles. The summed E-state index contributed by atoms with van der Waals surface area (Å²) in [5, 5.41) is 9.30. The highest BCUT2D eigenvalue weighted by Crippen LogP contribution is 2.28. The third-order valence-electron chi connectivity index (χ3n) is 4.02. The molecule has 1 aromatic carbocycles. The van der Waals surface area contributed by atoms with Gasteiger partial charge in [0, 0.05) is 37.9 Å². The summed E-state index contributed by atoms with van der Waals surface area (Å²) in [7, 11) is 0. The quantitative estimate of drug-likeness (QED) is 0.917. The molecule has 1 aliphatic rings. The lowest BCUT2D eigenvalue weighted by Gasteiger charge is -2.20. The Morgan fingerprint density at radius 2 is 2.30 bits per heavy atom. The molecule has 1 N–H and O–H groups in total. The zero-order valence-corrected chi connectivity index (χ0v) is 13.2. The van der Waals surface area contributed by atoms with Gasteiger partial charge in [-0.15, -0.1) is 0 Å². The first kappa shape index (κ1) is 15.6. The fraction of sp³-hybridized carbons (Fsp3) is 0.412. The molecule has 23 heavy (non-hydrogen) atoms. The van der Waals surface area contributed by atoms with Crippen LogP contribution in [0.2, 0.25) is 0 Å². The molecule has 2 heterocycles. The smallest absolute Gasteiger partial charge is 0.339 e. The largest absolute Gasteiger partial charge is 0.491 e. The van der Waals surface area contributed by atoms with Crippen LogP contribution < -0.4 is 4.74 Å². The molecule has 0 atom stereocenters. The van der Waals surface area contributed by atoms with Gasteiger partial charge in [0.2, 0.25) is 0 Å². The molecule has 0 spiro atoms. The summed E-state index contributed by atoms with van der Waals surface area (Å²) < 4.78 is 7.89. The summed E-state index contributed by atoms with van der Waals surface area (Å²) in [5.41, 5.74) is 2.33. The van der Waals surface area contributed by atoms with E-state index >= 15 is 0 Å². The average Bonchev–Trinajstić information content (AvgIpc) is 2.84. The number of aromatic carboxylic acids is 1. The molecule has 0 saturated heterocycles. The fourth-order valence-electron chi connectivity index (χ4n) is 2.93. The molecule has 1 aromatic heterocycles. The molecule has 0 unspecified atom stereocenters. The first-order valence-electron chi connectivity index (χ1n) is 7.88. The van der Waals surface area contributed by atoms with Crippen molar-refractivity contribution in [1.29, 1.82) is 0 Å². The number of ether oxygens (including phenoxy) is 1. The minimum atomic E-state index is -0.948. The van der Waals surface area contributed by atoms with E-state index in [-0.39, 0.29) is 5.56 Å². The van der Waals surface area contributed by atoms with Crippen LogP contribution in [0.4, 0.5) is 0 Å². The van der Waals surface area contributed by atoms with Crippen LogP contribution in [-0.2, 0) is 19.6 Å². The number of hydrogen-bond donors (Lipinski definition) is 1. The highest BCUT2D eigenvalue weighted by molar-refractivity contribution is 5.91. The van der Waals surface area contributed by atoms with Crippen molar-refractivity contribution < 1.29 is 14.6 Å². The second kappa shape index (κ2) is 6.83. The van der Waals surface area contributed by atoms with Crippen molar-refractivity contribution in [2.45, 2.75) is 33.0 Å². The topological polar surface area (TPSA) is 67.6 Å². The second-order valence-electron chi connectivity index (χ2n) is 5.74. The van der Waals surface area contributed by atoms with Crippen LogP contribution in [0.5, 0.6) is 5.75 Å². The Kier molecular flexibility index (Phi) is 4.62. The molecule has 0 aliphatic carbocycles. The predicted molar refractivity (Wildman–Crippen MR) is 85.5 cm³/mol. The number of hydrogen-bond acceptors (Lipinski definition) is 4. The third kappa shape index (κ3) is 3.37. The Bertz CT molecular complexity index is 696.